The molecule has 0 unspecified atom stereocenters. The van der Waals surface area contributed by atoms with Crippen molar-refractivity contribution in [2.45, 2.75) is 12.7 Å². The summed E-state index contributed by atoms with van der Waals surface area (Å²) >= 11 is 0. The number of halogens is 4. The first-order valence-electron chi connectivity index (χ1n) is 10.6. The van der Waals surface area contributed by atoms with Crippen molar-refractivity contribution in [1.82, 2.24) is 19.9 Å². The van der Waals surface area contributed by atoms with Gasteiger partial charge in [0.05, 0.1) is 16.5 Å². The minimum absolute atomic E-state index is 0.0265. The van der Waals surface area contributed by atoms with Crippen LogP contribution in [0.4, 0.5) is 33.9 Å². The summed E-state index contributed by atoms with van der Waals surface area (Å²) in [5, 5.41) is 5.16. The second-order valence-electron chi connectivity index (χ2n) is 8.09. The number of carbonyl (C=O) groups excluding carboxylic acids is 1. The van der Waals surface area contributed by atoms with Gasteiger partial charge >= 0.3 is 12.2 Å². The first-order valence-corrected chi connectivity index (χ1v) is 10.6. The Kier molecular flexibility index (Phi) is 6.89. The first-order chi connectivity index (χ1) is 17.1. The normalized spacial score (nSPS) is 11.3. The zero-order valence-corrected chi connectivity index (χ0v) is 19.2. The summed E-state index contributed by atoms with van der Waals surface area (Å²) in [4.78, 5) is 24.9. The van der Waals surface area contributed by atoms with E-state index in [9.17, 15) is 22.4 Å². The molecule has 0 aliphatic rings. The fourth-order valence-electron chi connectivity index (χ4n) is 3.45. The van der Waals surface area contributed by atoms with E-state index in [2.05, 4.69) is 37.4 Å². The van der Waals surface area contributed by atoms with Gasteiger partial charge in [-0.15, -0.1) is 0 Å². The molecule has 11 heteroatoms. The highest BCUT2D eigenvalue weighted by molar-refractivity contribution is 5.99. The molecule has 3 aromatic heterocycles. The van der Waals surface area contributed by atoms with Gasteiger partial charge in [-0.25, -0.2) is 19.2 Å². The zero-order chi connectivity index (χ0) is 25.9. The number of aromatic nitrogens is 3. The van der Waals surface area contributed by atoms with Crippen LogP contribution in [0.3, 0.4) is 0 Å². The maximum Gasteiger partial charge on any atom is 0.416 e. The second kappa shape index (κ2) is 10.1. The number of pyridine rings is 2. The van der Waals surface area contributed by atoms with E-state index >= 15 is 0 Å². The van der Waals surface area contributed by atoms with Gasteiger partial charge in [-0.2, -0.15) is 13.2 Å². The topological polar surface area (TPSA) is 85.9 Å². The van der Waals surface area contributed by atoms with Crippen LogP contribution in [0.5, 0.6) is 0 Å². The number of aromatic amines is 1. The van der Waals surface area contributed by atoms with Gasteiger partial charge in [0, 0.05) is 36.4 Å². The number of nitrogens with zero attached hydrogens (tertiary/aromatic N) is 3. The Hall–Kier alpha value is -4.43. The molecule has 4 rings (SSSR count). The van der Waals surface area contributed by atoms with E-state index < -0.39 is 23.6 Å². The molecule has 0 radical (unpaired) electrons. The van der Waals surface area contributed by atoms with Crippen LogP contribution < -0.4 is 10.6 Å². The molecular weight excluding hydrogens is 476 g/mol. The molecule has 0 bridgehead atoms. The summed E-state index contributed by atoms with van der Waals surface area (Å²) in [5.41, 5.74) is 0.179. The van der Waals surface area contributed by atoms with Gasteiger partial charge in [-0.3, -0.25) is 5.32 Å². The predicted octanol–water partition coefficient (Wildman–Crippen LogP) is 5.22. The molecule has 0 atom stereocenters. The third-order valence-electron chi connectivity index (χ3n) is 5.02. The van der Waals surface area contributed by atoms with Crippen molar-refractivity contribution in [3.05, 3.63) is 83.1 Å². The third-order valence-corrected chi connectivity index (χ3v) is 5.02. The van der Waals surface area contributed by atoms with Crippen LogP contribution in [0.1, 0.15) is 22.3 Å². The molecular formula is C25H20F4N6O. The lowest BCUT2D eigenvalue weighted by molar-refractivity contribution is -0.138. The third kappa shape index (κ3) is 5.79. The Balaban J connectivity index is 1.48. The van der Waals surface area contributed by atoms with Crippen molar-refractivity contribution in [3.8, 4) is 11.8 Å². The number of nitrogens with one attached hydrogen (secondary N) is 3. The van der Waals surface area contributed by atoms with Crippen LogP contribution in [0.25, 0.3) is 11.0 Å². The minimum atomic E-state index is -4.57. The summed E-state index contributed by atoms with van der Waals surface area (Å²) in [7, 11) is 3.33. The summed E-state index contributed by atoms with van der Waals surface area (Å²) in [6.07, 6.45) is -0.296. The number of fused-ring (bicyclic) bond motifs is 1. The largest absolute Gasteiger partial charge is 0.416 e. The number of benzene rings is 1. The van der Waals surface area contributed by atoms with E-state index in [0.29, 0.717) is 16.6 Å². The lowest BCUT2D eigenvalue weighted by Gasteiger charge is -2.18. The van der Waals surface area contributed by atoms with Crippen molar-refractivity contribution in [2.24, 2.45) is 0 Å². The van der Waals surface area contributed by atoms with Gasteiger partial charge in [0.25, 0.3) is 0 Å². The lowest BCUT2D eigenvalue weighted by atomic mass is 10.1. The molecule has 2 amide bonds. The first kappa shape index (κ1) is 24.7. The van der Waals surface area contributed by atoms with Gasteiger partial charge in [-0.1, -0.05) is 17.9 Å². The number of carbonyl (C=O) groups is 1. The zero-order valence-electron chi connectivity index (χ0n) is 19.2. The average Bonchev–Trinajstić information content (AvgIpc) is 3.29. The molecule has 0 fully saturated rings. The standard InChI is InChI=1S/C25H20F4N6O/c1-35(2)14-17-5-6-18(12-20(17)25(27,28)29)33-24(36)34-21-11-15(7-9-30-21)3-4-16-13-32-23-19(22(16)26)8-10-31-23/h5-13H,14H2,1-2H3,(H,31,32)(H2,30,33,34,36). The predicted molar refractivity (Wildman–Crippen MR) is 128 cm³/mol. The molecule has 3 heterocycles. The maximum absolute atomic E-state index is 14.5. The SMILES string of the molecule is CN(C)Cc1ccc(NC(=O)Nc2cc(C#Cc3cnc4[nH]ccc4c3F)ccn2)cc1C(F)(F)F. The van der Waals surface area contributed by atoms with Crippen LogP contribution in [0, 0.1) is 17.7 Å². The molecule has 3 N–H and O–H groups in total. The number of H-pyrrole nitrogens is 1. The Labute approximate surface area is 203 Å². The van der Waals surface area contributed by atoms with Crippen LogP contribution in [-0.4, -0.2) is 40.0 Å². The Morgan fingerprint density at radius 2 is 1.89 bits per heavy atom. The smallest absolute Gasteiger partial charge is 0.346 e. The molecule has 0 spiro atoms. The van der Waals surface area contributed by atoms with E-state index in [1.165, 1.54) is 30.6 Å². The highest BCUT2D eigenvalue weighted by Crippen LogP contribution is 2.34. The molecule has 0 aliphatic heterocycles. The quantitative estimate of drug-likeness (QED) is 0.267. The Bertz CT molecular complexity index is 1480. The van der Waals surface area contributed by atoms with Crippen molar-refractivity contribution in [2.75, 3.05) is 24.7 Å². The Morgan fingerprint density at radius 3 is 2.64 bits per heavy atom. The average molecular weight is 496 g/mol. The lowest BCUT2D eigenvalue weighted by Crippen LogP contribution is -2.21. The molecule has 7 nitrogen and oxygen atoms in total. The molecule has 4 aromatic rings. The van der Waals surface area contributed by atoms with Crippen molar-refractivity contribution in [3.63, 3.8) is 0 Å². The molecule has 0 aliphatic carbocycles. The van der Waals surface area contributed by atoms with E-state index in [-0.39, 0.29) is 29.2 Å². The van der Waals surface area contributed by atoms with Crippen LogP contribution >= 0.6 is 0 Å². The number of alkyl halides is 3. The summed E-state index contributed by atoms with van der Waals surface area (Å²) in [6, 6.07) is 7.40. The number of rotatable bonds is 4. The number of urea groups is 1. The molecule has 36 heavy (non-hydrogen) atoms. The van der Waals surface area contributed by atoms with E-state index in [0.717, 1.165) is 6.07 Å². The van der Waals surface area contributed by atoms with Crippen LogP contribution in [-0.2, 0) is 12.7 Å². The maximum atomic E-state index is 14.5. The van der Waals surface area contributed by atoms with Gasteiger partial charge in [0.15, 0.2) is 5.82 Å². The molecule has 0 saturated carbocycles. The van der Waals surface area contributed by atoms with Crippen molar-refractivity contribution < 1.29 is 22.4 Å². The highest BCUT2D eigenvalue weighted by Gasteiger charge is 2.33. The number of hydrogen-bond acceptors (Lipinski definition) is 4. The summed E-state index contributed by atoms with van der Waals surface area (Å²) < 4.78 is 55.0. The van der Waals surface area contributed by atoms with E-state index in [1.54, 1.807) is 37.3 Å². The minimum Gasteiger partial charge on any atom is -0.346 e. The molecule has 184 valence electrons. The highest BCUT2D eigenvalue weighted by atomic mass is 19.4. The fourth-order valence-corrected chi connectivity index (χ4v) is 3.45. The summed E-state index contributed by atoms with van der Waals surface area (Å²) in [5.74, 6) is 5.10. The number of amides is 2. The van der Waals surface area contributed by atoms with Gasteiger partial charge in [-0.05, 0) is 50.0 Å². The summed E-state index contributed by atoms with van der Waals surface area (Å²) in [6.45, 7) is 0.0953. The van der Waals surface area contributed by atoms with Crippen LogP contribution in [0.15, 0.2) is 55.0 Å². The van der Waals surface area contributed by atoms with E-state index in [1.807, 2.05) is 0 Å². The molecule has 0 saturated heterocycles. The van der Waals surface area contributed by atoms with Crippen molar-refractivity contribution >= 4 is 28.6 Å². The Morgan fingerprint density at radius 1 is 1.08 bits per heavy atom. The van der Waals surface area contributed by atoms with E-state index in [4.69, 9.17) is 0 Å². The monoisotopic (exact) mass is 496 g/mol. The molecule has 1 aromatic carbocycles. The number of anilines is 2. The number of hydrogen-bond donors (Lipinski definition) is 3. The van der Waals surface area contributed by atoms with Gasteiger partial charge in [0.1, 0.15) is 11.5 Å². The van der Waals surface area contributed by atoms with Crippen LogP contribution in [0.2, 0.25) is 0 Å². The second-order valence-corrected chi connectivity index (χ2v) is 8.09. The fraction of sp³-hybridized carbons (Fsp3) is 0.160. The van der Waals surface area contributed by atoms with Gasteiger partial charge < -0.3 is 15.2 Å². The van der Waals surface area contributed by atoms with Gasteiger partial charge in [0.2, 0.25) is 0 Å². The van der Waals surface area contributed by atoms with Crippen molar-refractivity contribution in [1.29, 1.82) is 0 Å².